The van der Waals surface area contributed by atoms with Gasteiger partial charge in [0.25, 0.3) is 0 Å². The molecule has 4 aromatic rings. The highest BCUT2D eigenvalue weighted by Crippen LogP contribution is 2.36. The van der Waals surface area contributed by atoms with Crippen LogP contribution >= 0.6 is 34.3 Å². The van der Waals surface area contributed by atoms with E-state index in [0.717, 1.165) is 4.88 Å². The summed E-state index contributed by atoms with van der Waals surface area (Å²) in [4.78, 5) is 9.77. The van der Waals surface area contributed by atoms with Gasteiger partial charge in [0.1, 0.15) is 11.0 Å². The molecular formula is C15H8ClFN2S2. The molecule has 0 saturated carbocycles. The highest BCUT2D eigenvalue weighted by Gasteiger charge is 2.13. The van der Waals surface area contributed by atoms with Crippen molar-refractivity contribution in [2.75, 3.05) is 0 Å². The summed E-state index contributed by atoms with van der Waals surface area (Å²) in [5, 5.41) is 3.09. The van der Waals surface area contributed by atoms with Crippen molar-refractivity contribution in [3.8, 4) is 10.7 Å². The summed E-state index contributed by atoms with van der Waals surface area (Å²) in [6.45, 7) is 1.70. The number of benzene rings is 1. The number of halogens is 2. The Morgan fingerprint density at radius 2 is 2.00 bits per heavy atom. The van der Waals surface area contributed by atoms with E-state index >= 15 is 0 Å². The Balaban J connectivity index is 1.97. The Hall–Kier alpha value is -1.56. The average Bonchev–Trinajstić information content (AvgIpc) is 3.01. The second-order valence-corrected chi connectivity index (χ2v) is 7.11. The van der Waals surface area contributed by atoms with Crippen molar-refractivity contribution in [3.05, 3.63) is 46.2 Å². The number of aryl methyl sites for hydroxylation is 1. The number of hydrogen-bond acceptors (Lipinski definition) is 4. The van der Waals surface area contributed by atoms with Crippen LogP contribution in [0.5, 0.6) is 0 Å². The number of hydrogen-bond donors (Lipinski definition) is 0. The molecule has 0 unspecified atom stereocenters. The summed E-state index contributed by atoms with van der Waals surface area (Å²) in [6.07, 6.45) is 0. The van der Waals surface area contributed by atoms with Crippen LogP contribution in [0.3, 0.4) is 0 Å². The van der Waals surface area contributed by atoms with Gasteiger partial charge in [-0.3, -0.25) is 0 Å². The molecule has 0 aliphatic heterocycles. The predicted octanol–water partition coefficient (Wildman–Crippen LogP) is 5.67. The highest BCUT2D eigenvalue weighted by molar-refractivity contribution is 7.28. The number of nitrogens with zero attached hydrogens (tertiary/aromatic N) is 2. The number of aromatic nitrogens is 2. The molecule has 4 rings (SSSR count). The van der Waals surface area contributed by atoms with Crippen LogP contribution in [0, 0.1) is 12.7 Å². The van der Waals surface area contributed by atoms with Gasteiger partial charge in [-0.15, -0.1) is 22.7 Å². The molecular weight excluding hydrogens is 327 g/mol. The van der Waals surface area contributed by atoms with Crippen molar-refractivity contribution in [2.45, 2.75) is 6.92 Å². The molecule has 0 atom stereocenters. The first-order valence-electron chi connectivity index (χ1n) is 6.22. The lowest BCUT2D eigenvalue weighted by molar-refractivity contribution is 0.620. The molecule has 3 heterocycles. The Morgan fingerprint density at radius 3 is 2.81 bits per heavy atom. The largest absolute Gasteiger partial charge is 0.227 e. The highest BCUT2D eigenvalue weighted by atomic mass is 35.5. The van der Waals surface area contributed by atoms with Crippen LogP contribution < -0.4 is 0 Å². The van der Waals surface area contributed by atoms with Crippen molar-refractivity contribution in [2.24, 2.45) is 0 Å². The summed E-state index contributed by atoms with van der Waals surface area (Å²) in [6, 6.07) is 7.22. The fraction of sp³-hybridized carbons (Fsp3) is 0.0667. The third kappa shape index (κ3) is 2.12. The van der Waals surface area contributed by atoms with E-state index < -0.39 is 0 Å². The molecule has 104 valence electrons. The zero-order valence-electron chi connectivity index (χ0n) is 10.9. The quantitative estimate of drug-likeness (QED) is 0.419. The lowest BCUT2D eigenvalue weighted by Crippen LogP contribution is -1.92. The summed E-state index contributed by atoms with van der Waals surface area (Å²) < 4.78 is 16.1. The molecule has 0 bridgehead atoms. The monoisotopic (exact) mass is 334 g/mol. The van der Waals surface area contributed by atoms with E-state index in [-0.39, 0.29) is 5.82 Å². The maximum Gasteiger partial charge on any atom is 0.171 e. The molecule has 0 N–H and O–H groups in total. The first kappa shape index (κ1) is 13.1. The van der Waals surface area contributed by atoms with Crippen LogP contribution in [0.25, 0.3) is 31.0 Å². The van der Waals surface area contributed by atoms with E-state index in [1.165, 1.54) is 15.5 Å². The van der Waals surface area contributed by atoms with Gasteiger partial charge in [-0.1, -0.05) is 11.6 Å². The van der Waals surface area contributed by atoms with Crippen molar-refractivity contribution in [3.63, 3.8) is 0 Å². The van der Waals surface area contributed by atoms with Gasteiger partial charge in [-0.2, -0.15) is 0 Å². The normalized spacial score (nSPS) is 11.6. The molecule has 2 nitrogen and oxygen atoms in total. The van der Waals surface area contributed by atoms with E-state index in [1.54, 1.807) is 35.7 Å². The molecule has 0 fully saturated rings. The summed E-state index contributed by atoms with van der Waals surface area (Å²) in [5.41, 5.74) is 1.07. The standard InChI is InChI=1S/C15H8ClFN2S2/c1-7-4-8-10(5-9(7)17)18-15(19-14(8)16)13-6-12-11(21-13)2-3-20-12/h2-6H,1H3. The fourth-order valence-electron chi connectivity index (χ4n) is 2.21. The van der Waals surface area contributed by atoms with Crippen LogP contribution in [-0.4, -0.2) is 9.97 Å². The molecule has 0 radical (unpaired) electrons. The predicted molar refractivity (Wildman–Crippen MR) is 87.9 cm³/mol. The van der Waals surface area contributed by atoms with Gasteiger partial charge < -0.3 is 0 Å². The lowest BCUT2D eigenvalue weighted by atomic mass is 10.1. The SMILES string of the molecule is Cc1cc2c(Cl)nc(-c3cc4sccc4s3)nc2cc1F. The molecule has 21 heavy (non-hydrogen) atoms. The molecule has 0 aliphatic carbocycles. The van der Waals surface area contributed by atoms with Gasteiger partial charge in [0.15, 0.2) is 5.82 Å². The zero-order valence-corrected chi connectivity index (χ0v) is 13.2. The van der Waals surface area contributed by atoms with E-state index in [2.05, 4.69) is 21.4 Å². The maximum absolute atomic E-state index is 13.7. The molecule has 0 amide bonds. The van der Waals surface area contributed by atoms with Crippen molar-refractivity contribution < 1.29 is 4.39 Å². The first-order valence-corrected chi connectivity index (χ1v) is 8.30. The minimum Gasteiger partial charge on any atom is -0.227 e. The third-order valence-electron chi connectivity index (χ3n) is 3.29. The number of thiophene rings is 2. The minimum absolute atomic E-state index is 0.282. The molecule has 6 heteroatoms. The smallest absolute Gasteiger partial charge is 0.171 e. The topological polar surface area (TPSA) is 25.8 Å². The molecule has 0 aliphatic rings. The Labute approximate surface area is 132 Å². The van der Waals surface area contributed by atoms with E-state index in [4.69, 9.17) is 11.6 Å². The average molecular weight is 335 g/mol. The zero-order chi connectivity index (χ0) is 14.6. The van der Waals surface area contributed by atoms with Crippen molar-refractivity contribution in [1.82, 2.24) is 9.97 Å². The lowest BCUT2D eigenvalue weighted by Gasteiger charge is -2.05. The molecule has 3 aromatic heterocycles. The van der Waals surface area contributed by atoms with Gasteiger partial charge >= 0.3 is 0 Å². The van der Waals surface area contributed by atoms with Crippen LogP contribution in [0.4, 0.5) is 4.39 Å². The molecule has 1 aromatic carbocycles. The second kappa shape index (κ2) is 4.73. The second-order valence-electron chi connectivity index (χ2n) is 4.72. The third-order valence-corrected chi connectivity index (χ3v) is 5.67. The van der Waals surface area contributed by atoms with Gasteiger partial charge in [-0.25, -0.2) is 14.4 Å². The number of fused-ring (bicyclic) bond motifs is 2. The minimum atomic E-state index is -0.282. The van der Waals surface area contributed by atoms with Crippen LogP contribution in [0.1, 0.15) is 5.56 Å². The number of rotatable bonds is 1. The van der Waals surface area contributed by atoms with E-state index in [1.807, 2.05) is 6.07 Å². The van der Waals surface area contributed by atoms with Gasteiger partial charge in [0.05, 0.1) is 10.4 Å². The van der Waals surface area contributed by atoms with Crippen molar-refractivity contribution >= 4 is 54.6 Å². The van der Waals surface area contributed by atoms with Gasteiger partial charge in [0.2, 0.25) is 0 Å². The van der Waals surface area contributed by atoms with Gasteiger partial charge in [0, 0.05) is 20.9 Å². The van der Waals surface area contributed by atoms with E-state index in [9.17, 15) is 4.39 Å². The van der Waals surface area contributed by atoms with Crippen LogP contribution in [0.2, 0.25) is 5.15 Å². The molecule has 0 saturated heterocycles. The Morgan fingerprint density at radius 1 is 1.14 bits per heavy atom. The van der Waals surface area contributed by atoms with Crippen molar-refractivity contribution in [1.29, 1.82) is 0 Å². The van der Waals surface area contributed by atoms with Crippen LogP contribution in [0.15, 0.2) is 29.6 Å². The maximum atomic E-state index is 13.7. The summed E-state index contributed by atoms with van der Waals surface area (Å²) >= 11 is 9.53. The summed E-state index contributed by atoms with van der Waals surface area (Å²) in [7, 11) is 0. The van der Waals surface area contributed by atoms with Crippen LogP contribution in [-0.2, 0) is 0 Å². The molecule has 0 spiro atoms. The Kier molecular flexibility index (Phi) is 2.96. The van der Waals surface area contributed by atoms with Gasteiger partial charge in [-0.05, 0) is 36.1 Å². The fourth-order valence-corrected chi connectivity index (χ4v) is 4.48. The van der Waals surface area contributed by atoms with E-state index in [0.29, 0.717) is 27.4 Å². The first-order chi connectivity index (χ1) is 10.1. The summed E-state index contributed by atoms with van der Waals surface area (Å²) in [5.74, 6) is 0.263. The Bertz CT molecular complexity index is 962.